The number of carbonyl (C=O) groups is 2. The third-order valence-corrected chi connectivity index (χ3v) is 3.65. The van der Waals surface area contributed by atoms with Crippen LogP contribution >= 0.6 is 0 Å². The molecule has 0 aromatic heterocycles. The van der Waals surface area contributed by atoms with E-state index in [2.05, 4.69) is 17.3 Å². The Balaban J connectivity index is 1.82. The molecule has 0 aromatic rings. The molecule has 2 atom stereocenters. The number of nitrogens with one attached hydrogen (secondary N) is 1. The van der Waals surface area contributed by atoms with Gasteiger partial charge in [0.25, 0.3) is 0 Å². The number of hydrogen-bond donors (Lipinski definition) is 1. The molecule has 0 aromatic carbocycles. The molecule has 0 saturated carbocycles. The Labute approximate surface area is 95.8 Å². The highest BCUT2D eigenvalue weighted by Gasteiger charge is 2.36. The molecule has 2 amide bonds. The topological polar surface area (TPSA) is 52.7 Å². The largest absolute Gasteiger partial charge is 0.304 e. The van der Waals surface area contributed by atoms with Crippen LogP contribution in [0.1, 0.15) is 19.3 Å². The summed E-state index contributed by atoms with van der Waals surface area (Å²) in [5, 5.41) is 3.21. The van der Waals surface area contributed by atoms with Crippen LogP contribution in [0.3, 0.4) is 0 Å². The Kier molecular flexibility index (Phi) is 3.25. The number of likely N-dealkylation sites (N-methyl/N-ethyl adjacent to an activating group) is 2. The van der Waals surface area contributed by atoms with Crippen LogP contribution < -0.4 is 5.32 Å². The summed E-state index contributed by atoms with van der Waals surface area (Å²) in [7, 11) is 3.65. The normalized spacial score (nSPS) is 31.8. The lowest BCUT2D eigenvalue weighted by Crippen LogP contribution is -2.43. The van der Waals surface area contributed by atoms with E-state index in [1.165, 1.54) is 17.7 Å². The van der Waals surface area contributed by atoms with Crippen LogP contribution in [0.5, 0.6) is 0 Å². The molecule has 5 nitrogen and oxygen atoms in total. The first kappa shape index (κ1) is 11.5. The molecular formula is C11H19N3O2. The standard InChI is InChI=1S/C11H19N3O2/c1-13-5-3-4-8(13)7-12-9-6-10(15)14(2)11(9)16/h8-9,12H,3-7H2,1-2H3. The number of rotatable bonds is 3. The lowest BCUT2D eigenvalue weighted by atomic mass is 10.2. The number of amides is 2. The summed E-state index contributed by atoms with van der Waals surface area (Å²) in [5.41, 5.74) is 0. The summed E-state index contributed by atoms with van der Waals surface area (Å²) in [4.78, 5) is 26.5. The third-order valence-electron chi connectivity index (χ3n) is 3.65. The lowest BCUT2D eigenvalue weighted by molar-refractivity contribution is -0.137. The van der Waals surface area contributed by atoms with Crippen LogP contribution in [0.25, 0.3) is 0 Å². The van der Waals surface area contributed by atoms with Crippen LogP contribution in [0, 0.1) is 0 Å². The molecule has 2 aliphatic heterocycles. The highest BCUT2D eigenvalue weighted by atomic mass is 16.2. The Bertz CT molecular complexity index is 306. The van der Waals surface area contributed by atoms with Gasteiger partial charge in [-0.25, -0.2) is 0 Å². The molecule has 2 saturated heterocycles. The van der Waals surface area contributed by atoms with Crippen LogP contribution in [-0.2, 0) is 9.59 Å². The van der Waals surface area contributed by atoms with Gasteiger partial charge in [0, 0.05) is 19.6 Å². The maximum Gasteiger partial charge on any atom is 0.246 e. The van der Waals surface area contributed by atoms with Crippen molar-refractivity contribution in [2.45, 2.75) is 31.3 Å². The molecule has 16 heavy (non-hydrogen) atoms. The van der Waals surface area contributed by atoms with E-state index in [4.69, 9.17) is 0 Å². The van der Waals surface area contributed by atoms with Crippen molar-refractivity contribution in [1.29, 1.82) is 0 Å². The first-order valence-corrected chi connectivity index (χ1v) is 5.83. The summed E-state index contributed by atoms with van der Waals surface area (Å²) in [6.45, 7) is 1.93. The fraction of sp³-hybridized carbons (Fsp3) is 0.818. The first-order valence-electron chi connectivity index (χ1n) is 5.83. The van der Waals surface area contributed by atoms with Gasteiger partial charge in [0.15, 0.2) is 0 Å². The number of carbonyl (C=O) groups excluding carboxylic acids is 2. The fourth-order valence-corrected chi connectivity index (χ4v) is 2.43. The van der Waals surface area contributed by atoms with Gasteiger partial charge in [0.2, 0.25) is 11.8 Å². The van der Waals surface area contributed by atoms with Gasteiger partial charge >= 0.3 is 0 Å². The van der Waals surface area contributed by atoms with Crippen LogP contribution in [0.2, 0.25) is 0 Å². The average molecular weight is 225 g/mol. The highest BCUT2D eigenvalue weighted by molar-refractivity contribution is 6.05. The first-order chi connectivity index (χ1) is 7.59. The van der Waals surface area contributed by atoms with Gasteiger partial charge in [-0.1, -0.05) is 0 Å². The van der Waals surface area contributed by atoms with Crippen molar-refractivity contribution in [2.24, 2.45) is 0 Å². The van der Waals surface area contributed by atoms with Gasteiger partial charge in [-0.05, 0) is 26.4 Å². The number of hydrogen-bond acceptors (Lipinski definition) is 4. The van der Waals surface area contributed by atoms with Crippen molar-refractivity contribution >= 4 is 11.8 Å². The van der Waals surface area contributed by atoms with Gasteiger partial charge in [-0.2, -0.15) is 0 Å². The van der Waals surface area contributed by atoms with Crippen molar-refractivity contribution in [3.63, 3.8) is 0 Å². The van der Waals surface area contributed by atoms with Gasteiger partial charge in [-0.15, -0.1) is 0 Å². The summed E-state index contributed by atoms with van der Waals surface area (Å²) < 4.78 is 0. The molecule has 2 unspecified atom stereocenters. The Morgan fingerprint density at radius 3 is 2.62 bits per heavy atom. The van der Waals surface area contributed by atoms with Gasteiger partial charge in [-0.3, -0.25) is 14.5 Å². The predicted molar refractivity (Wildman–Crippen MR) is 59.8 cm³/mol. The number of likely N-dealkylation sites (tertiary alicyclic amines) is 2. The molecule has 2 heterocycles. The second kappa shape index (κ2) is 4.51. The second-order valence-corrected chi connectivity index (χ2v) is 4.73. The van der Waals surface area contributed by atoms with Crippen molar-refractivity contribution < 1.29 is 9.59 Å². The molecule has 2 fully saturated rings. The monoisotopic (exact) mass is 225 g/mol. The molecule has 90 valence electrons. The molecular weight excluding hydrogens is 206 g/mol. The third kappa shape index (κ3) is 2.10. The second-order valence-electron chi connectivity index (χ2n) is 4.73. The minimum atomic E-state index is -0.300. The minimum Gasteiger partial charge on any atom is -0.304 e. The van der Waals surface area contributed by atoms with E-state index < -0.39 is 0 Å². The molecule has 0 bridgehead atoms. The average Bonchev–Trinajstić information content (AvgIpc) is 2.76. The molecule has 0 radical (unpaired) electrons. The van der Waals surface area contributed by atoms with Crippen molar-refractivity contribution in [1.82, 2.24) is 15.1 Å². The zero-order chi connectivity index (χ0) is 11.7. The SMILES string of the molecule is CN1C(=O)CC(NCC2CCCN2C)C1=O. The van der Waals surface area contributed by atoms with Gasteiger partial charge < -0.3 is 10.2 Å². The summed E-state index contributed by atoms with van der Waals surface area (Å²) in [6.07, 6.45) is 2.71. The lowest BCUT2D eigenvalue weighted by Gasteiger charge is -2.21. The van der Waals surface area contributed by atoms with E-state index in [1.54, 1.807) is 7.05 Å². The van der Waals surface area contributed by atoms with Crippen molar-refractivity contribution in [3.8, 4) is 0 Å². The Morgan fingerprint density at radius 2 is 2.12 bits per heavy atom. The smallest absolute Gasteiger partial charge is 0.246 e. The molecule has 5 heteroatoms. The van der Waals surface area contributed by atoms with Gasteiger partial charge in [0.05, 0.1) is 12.5 Å². The van der Waals surface area contributed by atoms with Crippen LogP contribution in [0.4, 0.5) is 0 Å². The highest BCUT2D eigenvalue weighted by Crippen LogP contribution is 2.15. The molecule has 0 spiro atoms. The van der Waals surface area contributed by atoms with E-state index in [9.17, 15) is 9.59 Å². The van der Waals surface area contributed by atoms with E-state index in [1.807, 2.05) is 0 Å². The zero-order valence-electron chi connectivity index (χ0n) is 9.90. The molecule has 2 aliphatic rings. The molecule has 2 rings (SSSR count). The predicted octanol–water partition coefficient (Wildman–Crippen LogP) is -0.572. The van der Waals surface area contributed by atoms with Crippen molar-refractivity contribution in [3.05, 3.63) is 0 Å². The Hall–Kier alpha value is -0.940. The van der Waals surface area contributed by atoms with E-state index in [0.717, 1.165) is 13.1 Å². The van der Waals surface area contributed by atoms with Crippen molar-refractivity contribution in [2.75, 3.05) is 27.2 Å². The quantitative estimate of drug-likeness (QED) is 0.653. The Morgan fingerprint density at radius 1 is 1.38 bits per heavy atom. The molecule has 0 aliphatic carbocycles. The van der Waals surface area contributed by atoms with E-state index in [-0.39, 0.29) is 17.9 Å². The minimum absolute atomic E-state index is 0.0812. The van der Waals surface area contributed by atoms with E-state index in [0.29, 0.717) is 12.5 Å². The maximum atomic E-state index is 11.6. The number of imide groups is 1. The number of nitrogens with zero attached hydrogens (tertiary/aromatic N) is 2. The van der Waals surface area contributed by atoms with Crippen LogP contribution in [0.15, 0.2) is 0 Å². The van der Waals surface area contributed by atoms with Gasteiger partial charge in [0.1, 0.15) is 0 Å². The zero-order valence-corrected chi connectivity index (χ0v) is 9.90. The summed E-state index contributed by atoms with van der Waals surface area (Å²) in [5.74, 6) is -0.173. The summed E-state index contributed by atoms with van der Waals surface area (Å²) in [6, 6.07) is 0.209. The molecule has 1 N–H and O–H groups in total. The summed E-state index contributed by atoms with van der Waals surface area (Å²) >= 11 is 0. The fourth-order valence-electron chi connectivity index (χ4n) is 2.43. The maximum absolute atomic E-state index is 11.6. The van der Waals surface area contributed by atoms with Crippen LogP contribution in [-0.4, -0.2) is 60.9 Å². The van der Waals surface area contributed by atoms with E-state index >= 15 is 0 Å².